The molecule has 2 atom stereocenters. The number of rotatable bonds is 16. The van der Waals surface area contributed by atoms with E-state index in [-0.39, 0.29) is 5.97 Å². The van der Waals surface area contributed by atoms with Crippen molar-refractivity contribution in [2.24, 2.45) is 0 Å². The third-order valence-electron chi connectivity index (χ3n) is 4.41. The van der Waals surface area contributed by atoms with Gasteiger partial charge in [-0.15, -0.1) is 0 Å². The number of hydrogen-bond acceptors (Lipinski definition) is 4. The van der Waals surface area contributed by atoms with Gasteiger partial charge in [-0.3, -0.25) is 4.79 Å². The Hall–Kier alpha value is -0.610. The van der Waals surface area contributed by atoms with Gasteiger partial charge in [0.25, 0.3) is 0 Å². The molecule has 0 heterocycles. The van der Waals surface area contributed by atoms with Crippen LogP contribution in [0.2, 0.25) is 0 Å². The van der Waals surface area contributed by atoms with Crippen LogP contribution < -0.4 is 0 Å². The largest absolute Gasteiger partial charge is 0.469 e. The number of unbranched alkanes of at least 4 members (excludes halogenated alkanes) is 9. The Morgan fingerprint density at radius 2 is 1.22 bits per heavy atom. The zero-order valence-corrected chi connectivity index (χ0v) is 15.3. The van der Waals surface area contributed by atoms with E-state index in [1.54, 1.807) is 0 Å². The van der Waals surface area contributed by atoms with Gasteiger partial charge >= 0.3 is 5.97 Å². The topological polar surface area (TPSA) is 66.8 Å². The quantitative estimate of drug-likeness (QED) is 0.326. The lowest BCUT2D eigenvalue weighted by Crippen LogP contribution is -2.25. The van der Waals surface area contributed by atoms with E-state index in [0.717, 1.165) is 19.3 Å². The molecule has 0 saturated heterocycles. The van der Waals surface area contributed by atoms with Crippen LogP contribution in [0, 0.1) is 0 Å². The average Bonchev–Trinajstić information content (AvgIpc) is 2.56. The molecule has 0 aromatic heterocycles. The van der Waals surface area contributed by atoms with Crippen molar-refractivity contribution in [2.45, 2.75) is 109 Å². The third kappa shape index (κ3) is 14.7. The fourth-order valence-corrected chi connectivity index (χ4v) is 2.77. The zero-order valence-electron chi connectivity index (χ0n) is 15.3. The Labute approximate surface area is 142 Å². The summed E-state index contributed by atoms with van der Waals surface area (Å²) in [6, 6.07) is 0. The maximum Gasteiger partial charge on any atom is 0.305 e. The first kappa shape index (κ1) is 22.4. The van der Waals surface area contributed by atoms with Crippen molar-refractivity contribution >= 4 is 5.97 Å². The molecular formula is C19H38O4. The Morgan fingerprint density at radius 1 is 0.783 bits per heavy atom. The van der Waals surface area contributed by atoms with E-state index in [0.29, 0.717) is 25.7 Å². The van der Waals surface area contributed by atoms with E-state index < -0.39 is 12.2 Å². The molecule has 0 spiro atoms. The van der Waals surface area contributed by atoms with Crippen LogP contribution >= 0.6 is 0 Å². The molecule has 138 valence electrons. The van der Waals surface area contributed by atoms with E-state index >= 15 is 0 Å². The molecule has 23 heavy (non-hydrogen) atoms. The monoisotopic (exact) mass is 330 g/mol. The smallest absolute Gasteiger partial charge is 0.305 e. The van der Waals surface area contributed by atoms with Gasteiger partial charge in [0.05, 0.1) is 19.3 Å². The van der Waals surface area contributed by atoms with Crippen LogP contribution in [0.25, 0.3) is 0 Å². The second-order valence-electron chi connectivity index (χ2n) is 6.57. The highest BCUT2D eigenvalue weighted by Gasteiger charge is 2.15. The van der Waals surface area contributed by atoms with Crippen LogP contribution in [0.3, 0.4) is 0 Å². The Bertz CT molecular complexity index is 268. The molecule has 0 amide bonds. The summed E-state index contributed by atoms with van der Waals surface area (Å²) < 4.78 is 4.57. The van der Waals surface area contributed by atoms with Crippen LogP contribution in [-0.4, -0.2) is 35.5 Å². The summed E-state index contributed by atoms with van der Waals surface area (Å²) in [6.07, 6.45) is 13.1. The average molecular weight is 331 g/mol. The molecule has 4 nitrogen and oxygen atoms in total. The normalized spacial score (nSPS) is 13.7. The second kappa shape index (κ2) is 16.3. The molecule has 0 bridgehead atoms. The Kier molecular flexibility index (Phi) is 15.8. The number of carbonyl (C=O) groups is 1. The van der Waals surface area contributed by atoms with E-state index in [1.807, 2.05) is 0 Å². The molecule has 0 saturated carbocycles. The lowest BCUT2D eigenvalue weighted by atomic mass is 10.00. The first-order valence-electron chi connectivity index (χ1n) is 9.54. The predicted molar refractivity (Wildman–Crippen MR) is 94.3 cm³/mol. The highest BCUT2D eigenvalue weighted by molar-refractivity contribution is 5.68. The minimum atomic E-state index is -0.665. The molecular weight excluding hydrogens is 292 g/mol. The summed E-state index contributed by atoms with van der Waals surface area (Å²) in [7, 11) is 1.38. The molecule has 0 aromatic rings. The number of methoxy groups -OCH3 is 1. The summed E-state index contributed by atoms with van der Waals surface area (Å²) in [5, 5.41) is 19.8. The van der Waals surface area contributed by atoms with Crippen molar-refractivity contribution in [3.05, 3.63) is 0 Å². The van der Waals surface area contributed by atoms with Crippen molar-refractivity contribution in [1.82, 2.24) is 0 Å². The van der Waals surface area contributed by atoms with Gasteiger partial charge in [-0.1, -0.05) is 71.1 Å². The highest BCUT2D eigenvalue weighted by Crippen LogP contribution is 2.15. The lowest BCUT2D eigenvalue weighted by Gasteiger charge is -2.17. The van der Waals surface area contributed by atoms with Gasteiger partial charge < -0.3 is 14.9 Å². The maximum atomic E-state index is 11.0. The van der Waals surface area contributed by atoms with Gasteiger partial charge in [-0.2, -0.15) is 0 Å². The summed E-state index contributed by atoms with van der Waals surface area (Å²) in [5.74, 6) is -0.213. The summed E-state index contributed by atoms with van der Waals surface area (Å²) in [5.41, 5.74) is 0. The first-order chi connectivity index (χ1) is 11.1. The van der Waals surface area contributed by atoms with Gasteiger partial charge in [0.2, 0.25) is 0 Å². The third-order valence-corrected chi connectivity index (χ3v) is 4.41. The van der Waals surface area contributed by atoms with Crippen molar-refractivity contribution in [3.8, 4) is 0 Å². The number of aliphatic hydroxyl groups excluding tert-OH is 2. The Morgan fingerprint density at radius 3 is 1.70 bits per heavy atom. The van der Waals surface area contributed by atoms with E-state index in [1.165, 1.54) is 52.1 Å². The molecule has 4 heteroatoms. The fourth-order valence-electron chi connectivity index (χ4n) is 2.77. The molecule has 0 fully saturated rings. The first-order valence-corrected chi connectivity index (χ1v) is 9.54. The predicted octanol–water partition coefficient (Wildman–Crippen LogP) is 4.36. The van der Waals surface area contributed by atoms with Crippen LogP contribution in [0.15, 0.2) is 0 Å². The van der Waals surface area contributed by atoms with Gasteiger partial charge in [0.1, 0.15) is 0 Å². The number of carbonyl (C=O) groups excluding carboxylic acids is 1. The van der Waals surface area contributed by atoms with Crippen molar-refractivity contribution in [1.29, 1.82) is 0 Å². The van der Waals surface area contributed by atoms with E-state index in [9.17, 15) is 15.0 Å². The van der Waals surface area contributed by atoms with Crippen LogP contribution in [-0.2, 0) is 9.53 Å². The molecule has 0 aliphatic heterocycles. The molecule has 2 N–H and O–H groups in total. The van der Waals surface area contributed by atoms with Crippen molar-refractivity contribution in [2.75, 3.05) is 7.11 Å². The van der Waals surface area contributed by atoms with Crippen LogP contribution in [0.1, 0.15) is 96.8 Å². The SMILES string of the molecule is CCCCCCCCCCC[C@@H](O)C(O)CCCCC(=O)OC. The number of aliphatic hydroxyl groups is 2. The van der Waals surface area contributed by atoms with E-state index in [2.05, 4.69) is 11.7 Å². The fraction of sp³-hybridized carbons (Fsp3) is 0.947. The van der Waals surface area contributed by atoms with Crippen molar-refractivity contribution < 1.29 is 19.7 Å². The molecule has 0 rings (SSSR count). The van der Waals surface area contributed by atoms with Crippen LogP contribution in [0.4, 0.5) is 0 Å². The van der Waals surface area contributed by atoms with Gasteiger partial charge in [-0.05, 0) is 19.3 Å². The standard InChI is InChI=1S/C19H38O4/c1-3-4-5-6-7-8-9-10-11-14-17(20)18(21)15-12-13-16-19(22)23-2/h17-18,20-21H,3-16H2,1-2H3/t17-,18?/m1/s1. The lowest BCUT2D eigenvalue weighted by molar-refractivity contribution is -0.140. The van der Waals surface area contributed by atoms with Crippen LogP contribution in [0.5, 0.6) is 0 Å². The molecule has 0 aliphatic carbocycles. The summed E-state index contributed by atoms with van der Waals surface area (Å²) >= 11 is 0. The second-order valence-corrected chi connectivity index (χ2v) is 6.57. The molecule has 0 aromatic carbocycles. The summed E-state index contributed by atoms with van der Waals surface area (Å²) in [4.78, 5) is 11.0. The van der Waals surface area contributed by atoms with Crippen molar-refractivity contribution in [3.63, 3.8) is 0 Å². The molecule has 0 aliphatic rings. The number of esters is 1. The minimum absolute atomic E-state index is 0.213. The zero-order chi connectivity index (χ0) is 17.3. The van der Waals surface area contributed by atoms with Gasteiger partial charge in [-0.25, -0.2) is 0 Å². The summed E-state index contributed by atoms with van der Waals surface area (Å²) in [6.45, 7) is 2.23. The van der Waals surface area contributed by atoms with Gasteiger partial charge in [0, 0.05) is 6.42 Å². The van der Waals surface area contributed by atoms with Gasteiger partial charge in [0.15, 0.2) is 0 Å². The molecule has 0 radical (unpaired) electrons. The number of ether oxygens (including phenoxy) is 1. The minimum Gasteiger partial charge on any atom is -0.469 e. The Balaban J connectivity index is 3.40. The molecule has 1 unspecified atom stereocenters. The number of hydrogen-bond donors (Lipinski definition) is 2. The highest BCUT2D eigenvalue weighted by atomic mass is 16.5. The van der Waals surface area contributed by atoms with E-state index in [4.69, 9.17) is 0 Å². The maximum absolute atomic E-state index is 11.0.